The van der Waals surface area contributed by atoms with Gasteiger partial charge in [0, 0.05) is 22.8 Å². The van der Waals surface area contributed by atoms with Crippen LogP contribution in [0.2, 0.25) is 18.1 Å². The predicted molar refractivity (Wildman–Crippen MR) is 114 cm³/mol. The summed E-state index contributed by atoms with van der Waals surface area (Å²) in [5.41, 5.74) is 0.884. The molecule has 0 radical (unpaired) electrons. The average molecular weight is 439 g/mol. The summed E-state index contributed by atoms with van der Waals surface area (Å²) in [6.45, 7) is 16.1. The SMILES string of the molecule is CC(C)(O)c1nc(-c2ccc(Br)cc2)cn1CCO[Si](C)(C)C(C)(C)C. The first-order chi connectivity index (χ1) is 11.8. The molecule has 0 spiro atoms. The molecule has 1 heterocycles. The van der Waals surface area contributed by atoms with Crippen LogP contribution >= 0.6 is 15.9 Å². The molecule has 0 saturated carbocycles. The van der Waals surface area contributed by atoms with E-state index < -0.39 is 13.9 Å². The summed E-state index contributed by atoms with van der Waals surface area (Å²) < 4.78 is 9.35. The molecule has 0 atom stereocenters. The molecule has 0 aliphatic carbocycles. The van der Waals surface area contributed by atoms with Gasteiger partial charge in [-0.25, -0.2) is 4.98 Å². The highest BCUT2D eigenvalue weighted by molar-refractivity contribution is 9.10. The van der Waals surface area contributed by atoms with E-state index in [0.29, 0.717) is 19.0 Å². The van der Waals surface area contributed by atoms with Gasteiger partial charge in [-0.05, 0) is 44.1 Å². The summed E-state index contributed by atoms with van der Waals surface area (Å²) in [6.07, 6.45) is 2.01. The molecule has 0 saturated heterocycles. The maximum Gasteiger partial charge on any atom is 0.192 e. The summed E-state index contributed by atoms with van der Waals surface area (Å²) in [7, 11) is -1.79. The summed E-state index contributed by atoms with van der Waals surface area (Å²) >= 11 is 3.46. The van der Waals surface area contributed by atoms with Crippen LogP contribution in [0.3, 0.4) is 0 Å². The Kier molecular flexibility index (Phi) is 6.22. The third-order valence-electron chi connectivity index (χ3n) is 5.07. The second kappa shape index (κ2) is 7.58. The number of aromatic nitrogens is 2. The summed E-state index contributed by atoms with van der Waals surface area (Å²) in [5.74, 6) is 0.661. The Bertz CT molecular complexity index is 741. The summed E-state index contributed by atoms with van der Waals surface area (Å²) in [6, 6.07) is 8.05. The Morgan fingerprint density at radius 1 is 1.12 bits per heavy atom. The van der Waals surface area contributed by atoms with Gasteiger partial charge in [-0.15, -0.1) is 0 Å². The largest absolute Gasteiger partial charge is 0.415 e. The molecule has 0 aliphatic rings. The molecule has 0 bridgehead atoms. The number of halogens is 1. The molecule has 0 fully saturated rings. The van der Waals surface area contributed by atoms with Crippen molar-refractivity contribution in [2.75, 3.05) is 6.61 Å². The quantitative estimate of drug-likeness (QED) is 0.600. The van der Waals surface area contributed by atoms with E-state index in [0.717, 1.165) is 15.7 Å². The van der Waals surface area contributed by atoms with Crippen LogP contribution in [0.1, 0.15) is 40.4 Å². The Morgan fingerprint density at radius 3 is 2.19 bits per heavy atom. The highest BCUT2D eigenvalue weighted by atomic mass is 79.9. The van der Waals surface area contributed by atoms with E-state index in [1.807, 2.05) is 35.0 Å². The maximum atomic E-state index is 10.5. The Hall–Kier alpha value is -0.953. The number of imidazole rings is 1. The van der Waals surface area contributed by atoms with E-state index in [-0.39, 0.29) is 5.04 Å². The molecule has 26 heavy (non-hydrogen) atoms. The van der Waals surface area contributed by atoms with Crippen LogP contribution < -0.4 is 0 Å². The van der Waals surface area contributed by atoms with Crippen LogP contribution in [0.4, 0.5) is 0 Å². The normalized spacial score (nSPS) is 13.3. The van der Waals surface area contributed by atoms with Gasteiger partial charge in [-0.2, -0.15) is 0 Å². The van der Waals surface area contributed by atoms with Crippen LogP contribution in [0.5, 0.6) is 0 Å². The van der Waals surface area contributed by atoms with E-state index >= 15 is 0 Å². The molecule has 0 unspecified atom stereocenters. The van der Waals surface area contributed by atoms with Crippen molar-refractivity contribution in [2.45, 2.75) is 64.9 Å². The van der Waals surface area contributed by atoms with Gasteiger partial charge in [0.05, 0.1) is 12.3 Å². The lowest BCUT2D eigenvalue weighted by molar-refractivity contribution is 0.0638. The molecular weight excluding hydrogens is 408 g/mol. The number of hydrogen-bond acceptors (Lipinski definition) is 3. The molecule has 144 valence electrons. The van der Waals surface area contributed by atoms with Crippen molar-refractivity contribution < 1.29 is 9.53 Å². The molecular formula is C20H31BrN2O2Si. The van der Waals surface area contributed by atoms with E-state index in [1.54, 1.807) is 13.8 Å². The smallest absolute Gasteiger partial charge is 0.192 e. The zero-order chi connectivity index (χ0) is 19.8. The monoisotopic (exact) mass is 438 g/mol. The molecule has 6 heteroatoms. The molecule has 2 aromatic rings. The van der Waals surface area contributed by atoms with E-state index in [1.165, 1.54) is 0 Å². The number of hydrogen-bond donors (Lipinski definition) is 1. The standard InChI is InChI=1S/C20H31BrN2O2Si/c1-19(2,3)26(6,7)25-13-12-23-14-17(22-18(23)20(4,5)24)15-8-10-16(21)11-9-15/h8-11,14,24H,12-13H2,1-7H3. The lowest BCUT2D eigenvalue weighted by Gasteiger charge is -2.36. The lowest BCUT2D eigenvalue weighted by atomic mass is 10.1. The fourth-order valence-electron chi connectivity index (χ4n) is 2.45. The van der Waals surface area contributed by atoms with Gasteiger partial charge < -0.3 is 14.1 Å². The Morgan fingerprint density at radius 2 is 1.69 bits per heavy atom. The van der Waals surface area contributed by atoms with Gasteiger partial charge in [0.15, 0.2) is 8.32 Å². The van der Waals surface area contributed by atoms with E-state index in [9.17, 15) is 5.11 Å². The van der Waals surface area contributed by atoms with Crippen LogP contribution in [0.15, 0.2) is 34.9 Å². The van der Waals surface area contributed by atoms with Gasteiger partial charge in [0.1, 0.15) is 11.4 Å². The minimum Gasteiger partial charge on any atom is -0.415 e. The molecule has 0 amide bonds. The number of benzene rings is 1. The molecule has 1 aromatic heterocycles. The first kappa shape index (κ1) is 21.3. The van der Waals surface area contributed by atoms with Gasteiger partial charge >= 0.3 is 0 Å². The first-order valence-electron chi connectivity index (χ1n) is 9.01. The number of nitrogens with zero attached hydrogens (tertiary/aromatic N) is 2. The van der Waals surface area contributed by atoms with Gasteiger partial charge in [-0.3, -0.25) is 0 Å². The summed E-state index contributed by atoms with van der Waals surface area (Å²) in [4.78, 5) is 4.70. The van der Waals surface area contributed by atoms with Gasteiger partial charge in [0.25, 0.3) is 0 Å². The average Bonchev–Trinajstić information content (AvgIpc) is 2.91. The van der Waals surface area contributed by atoms with Crippen LogP contribution in [0.25, 0.3) is 11.3 Å². The first-order valence-corrected chi connectivity index (χ1v) is 12.7. The third kappa shape index (κ3) is 5.06. The van der Waals surface area contributed by atoms with E-state index in [2.05, 4.69) is 49.8 Å². The van der Waals surface area contributed by atoms with Crippen LogP contribution in [-0.2, 0) is 16.6 Å². The second-order valence-electron chi connectivity index (χ2n) is 8.82. The minimum atomic E-state index is -1.79. The lowest BCUT2D eigenvalue weighted by Crippen LogP contribution is -2.41. The molecule has 2 rings (SSSR count). The highest BCUT2D eigenvalue weighted by Crippen LogP contribution is 2.36. The fourth-order valence-corrected chi connectivity index (χ4v) is 3.75. The Balaban J connectivity index is 2.23. The van der Waals surface area contributed by atoms with Crippen LogP contribution in [-0.4, -0.2) is 29.6 Å². The zero-order valence-electron chi connectivity index (χ0n) is 16.9. The van der Waals surface area contributed by atoms with Crippen LogP contribution in [0, 0.1) is 0 Å². The topological polar surface area (TPSA) is 47.3 Å². The fraction of sp³-hybridized carbons (Fsp3) is 0.550. The van der Waals surface area contributed by atoms with E-state index in [4.69, 9.17) is 9.41 Å². The van der Waals surface area contributed by atoms with Crippen molar-refractivity contribution in [2.24, 2.45) is 0 Å². The predicted octanol–water partition coefficient (Wildman–Crippen LogP) is 5.56. The highest BCUT2D eigenvalue weighted by Gasteiger charge is 2.37. The van der Waals surface area contributed by atoms with Crippen molar-refractivity contribution >= 4 is 24.2 Å². The molecule has 4 nitrogen and oxygen atoms in total. The van der Waals surface area contributed by atoms with Crippen molar-refractivity contribution in [3.63, 3.8) is 0 Å². The third-order valence-corrected chi connectivity index (χ3v) is 10.1. The zero-order valence-corrected chi connectivity index (χ0v) is 19.5. The summed E-state index contributed by atoms with van der Waals surface area (Å²) in [5, 5.41) is 10.7. The van der Waals surface area contributed by atoms with Crippen molar-refractivity contribution in [1.82, 2.24) is 9.55 Å². The molecule has 1 aromatic carbocycles. The van der Waals surface area contributed by atoms with Gasteiger partial charge in [0.2, 0.25) is 0 Å². The molecule has 1 N–H and O–H groups in total. The van der Waals surface area contributed by atoms with Crippen molar-refractivity contribution in [1.29, 1.82) is 0 Å². The number of rotatable bonds is 6. The van der Waals surface area contributed by atoms with Gasteiger partial charge in [-0.1, -0.05) is 48.8 Å². The minimum absolute atomic E-state index is 0.184. The second-order valence-corrected chi connectivity index (χ2v) is 14.5. The molecule has 0 aliphatic heterocycles. The number of aliphatic hydroxyl groups is 1. The van der Waals surface area contributed by atoms with Crippen molar-refractivity contribution in [3.05, 3.63) is 40.8 Å². The Labute approximate surface area is 166 Å². The van der Waals surface area contributed by atoms with Crippen molar-refractivity contribution in [3.8, 4) is 11.3 Å². The maximum absolute atomic E-state index is 10.5.